The standard InChI is InChI=1S/C16H25FN2/c1-3-14(18)9-13-7-8-16(15(17)10-13)19(2)11-12-5-4-6-12/h7-8,10,12,14H,3-6,9,11,18H2,1-2H3. The van der Waals surface area contributed by atoms with E-state index in [1.54, 1.807) is 6.07 Å². The lowest BCUT2D eigenvalue weighted by atomic mass is 9.85. The summed E-state index contributed by atoms with van der Waals surface area (Å²) in [5.41, 5.74) is 7.61. The van der Waals surface area contributed by atoms with Crippen LogP contribution in [0.25, 0.3) is 0 Å². The molecule has 2 rings (SSSR count). The Kier molecular flexibility index (Phi) is 4.81. The molecule has 2 nitrogen and oxygen atoms in total. The van der Waals surface area contributed by atoms with Crippen LogP contribution in [0.15, 0.2) is 18.2 Å². The molecule has 0 aromatic heterocycles. The number of hydrogen-bond donors (Lipinski definition) is 1. The van der Waals surface area contributed by atoms with Gasteiger partial charge in [0, 0.05) is 19.6 Å². The molecule has 1 aliphatic rings. The van der Waals surface area contributed by atoms with Gasteiger partial charge in [-0.1, -0.05) is 19.4 Å². The first-order valence-corrected chi connectivity index (χ1v) is 7.35. The zero-order valence-corrected chi connectivity index (χ0v) is 12.0. The summed E-state index contributed by atoms with van der Waals surface area (Å²) in [6.45, 7) is 3.02. The van der Waals surface area contributed by atoms with Gasteiger partial charge in [0.05, 0.1) is 5.69 Å². The van der Waals surface area contributed by atoms with Crippen LogP contribution >= 0.6 is 0 Å². The summed E-state index contributed by atoms with van der Waals surface area (Å²) in [7, 11) is 1.98. The van der Waals surface area contributed by atoms with E-state index in [1.165, 1.54) is 19.3 Å². The second-order valence-corrected chi connectivity index (χ2v) is 5.84. The summed E-state index contributed by atoms with van der Waals surface area (Å²) in [6.07, 6.45) is 5.57. The number of nitrogens with two attached hydrogens (primary N) is 1. The van der Waals surface area contributed by atoms with Gasteiger partial charge in [0.2, 0.25) is 0 Å². The average molecular weight is 264 g/mol. The largest absolute Gasteiger partial charge is 0.372 e. The van der Waals surface area contributed by atoms with Crippen molar-refractivity contribution >= 4 is 5.69 Å². The maximum Gasteiger partial charge on any atom is 0.146 e. The van der Waals surface area contributed by atoms with Crippen LogP contribution in [0.2, 0.25) is 0 Å². The van der Waals surface area contributed by atoms with Gasteiger partial charge in [-0.15, -0.1) is 0 Å². The molecular weight excluding hydrogens is 239 g/mol. The predicted molar refractivity (Wildman–Crippen MR) is 79.0 cm³/mol. The van der Waals surface area contributed by atoms with E-state index < -0.39 is 0 Å². The van der Waals surface area contributed by atoms with Crippen molar-refractivity contribution in [3.8, 4) is 0 Å². The molecule has 0 radical (unpaired) electrons. The van der Waals surface area contributed by atoms with Crippen molar-refractivity contribution < 1.29 is 4.39 Å². The number of halogens is 1. The monoisotopic (exact) mass is 264 g/mol. The third-order valence-electron chi connectivity index (χ3n) is 4.20. The molecule has 106 valence electrons. The van der Waals surface area contributed by atoms with Crippen LogP contribution < -0.4 is 10.6 Å². The van der Waals surface area contributed by atoms with Crippen LogP contribution in [0.4, 0.5) is 10.1 Å². The lowest BCUT2D eigenvalue weighted by Gasteiger charge is -2.31. The molecule has 1 aliphatic carbocycles. The maximum absolute atomic E-state index is 14.1. The van der Waals surface area contributed by atoms with Crippen LogP contribution in [0.1, 0.15) is 38.2 Å². The molecule has 0 saturated heterocycles. The predicted octanol–water partition coefficient (Wildman–Crippen LogP) is 3.34. The number of rotatable bonds is 6. The summed E-state index contributed by atoms with van der Waals surface area (Å²) in [4.78, 5) is 2.04. The van der Waals surface area contributed by atoms with Gasteiger partial charge in [-0.25, -0.2) is 4.39 Å². The molecule has 1 aromatic carbocycles. The van der Waals surface area contributed by atoms with Crippen LogP contribution in [0, 0.1) is 11.7 Å². The molecule has 0 spiro atoms. The van der Waals surface area contributed by atoms with Gasteiger partial charge in [0.15, 0.2) is 0 Å². The van der Waals surface area contributed by atoms with Crippen molar-refractivity contribution in [3.63, 3.8) is 0 Å². The minimum Gasteiger partial charge on any atom is -0.372 e. The Morgan fingerprint density at radius 1 is 1.42 bits per heavy atom. The Hall–Kier alpha value is -1.09. The van der Waals surface area contributed by atoms with E-state index in [-0.39, 0.29) is 11.9 Å². The van der Waals surface area contributed by atoms with Gasteiger partial charge in [-0.3, -0.25) is 0 Å². The van der Waals surface area contributed by atoms with Crippen molar-refractivity contribution in [2.24, 2.45) is 11.7 Å². The maximum atomic E-state index is 14.1. The zero-order chi connectivity index (χ0) is 13.8. The van der Waals surface area contributed by atoms with E-state index in [0.29, 0.717) is 5.69 Å². The molecule has 0 heterocycles. The highest BCUT2D eigenvalue weighted by atomic mass is 19.1. The molecule has 0 aliphatic heterocycles. The third-order valence-corrected chi connectivity index (χ3v) is 4.20. The Morgan fingerprint density at radius 3 is 2.68 bits per heavy atom. The first-order chi connectivity index (χ1) is 9.10. The highest BCUT2D eigenvalue weighted by Crippen LogP contribution is 2.29. The molecule has 1 fully saturated rings. The number of anilines is 1. The fourth-order valence-corrected chi connectivity index (χ4v) is 2.60. The molecule has 1 atom stereocenters. The van der Waals surface area contributed by atoms with E-state index in [1.807, 2.05) is 24.1 Å². The second-order valence-electron chi connectivity index (χ2n) is 5.84. The molecule has 19 heavy (non-hydrogen) atoms. The van der Waals surface area contributed by atoms with E-state index >= 15 is 0 Å². The summed E-state index contributed by atoms with van der Waals surface area (Å²) in [5, 5.41) is 0. The highest BCUT2D eigenvalue weighted by molar-refractivity contribution is 5.48. The number of nitrogens with zero attached hydrogens (tertiary/aromatic N) is 1. The molecule has 0 amide bonds. The van der Waals surface area contributed by atoms with E-state index in [4.69, 9.17) is 5.73 Å². The number of hydrogen-bond acceptors (Lipinski definition) is 2. The summed E-state index contributed by atoms with van der Waals surface area (Å²) < 4.78 is 14.1. The van der Waals surface area contributed by atoms with Gasteiger partial charge in [0.1, 0.15) is 5.82 Å². The fraction of sp³-hybridized carbons (Fsp3) is 0.625. The first-order valence-electron chi connectivity index (χ1n) is 7.35. The Labute approximate surface area is 115 Å². The summed E-state index contributed by atoms with van der Waals surface area (Å²) in [6, 6.07) is 5.66. The SMILES string of the molecule is CCC(N)Cc1ccc(N(C)CC2CCC2)c(F)c1. The summed E-state index contributed by atoms with van der Waals surface area (Å²) in [5.74, 6) is 0.625. The van der Waals surface area contributed by atoms with Crippen molar-refractivity contribution in [2.45, 2.75) is 45.1 Å². The Balaban J connectivity index is 2.01. The lowest BCUT2D eigenvalue weighted by Crippen LogP contribution is -2.29. The Bertz CT molecular complexity index is 415. The first kappa shape index (κ1) is 14.3. The Morgan fingerprint density at radius 2 is 2.16 bits per heavy atom. The molecule has 0 bridgehead atoms. The van der Waals surface area contributed by atoms with Crippen molar-refractivity contribution in [1.82, 2.24) is 0 Å². The molecule has 2 N–H and O–H groups in total. The lowest BCUT2D eigenvalue weighted by molar-refractivity contribution is 0.321. The van der Waals surface area contributed by atoms with Crippen molar-refractivity contribution in [1.29, 1.82) is 0 Å². The molecule has 1 saturated carbocycles. The number of benzene rings is 1. The molecular formula is C16H25FN2. The third kappa shape index (κ3) is 3.69. The molecule has 1 unspecified atom stereocenters. The van der Waals surface area contributed by atoms with E-state index in [0.717, 1.165) is 30.9 Å². The second kappa shape index (κ2) is 6.38. The van der Waals surface area contributed by atoms with Crippen LogP contribution in [-0.4, -0.2) is 19.6 Å². The van der Waals surface area contributed by atoms with Gasteiger partial charge in [-0.2, -0.15) is 0 Å². The summed E-state index contributed by atoms with van der Waals surface area (Å²) >= 11 is 0. The average Bonchev–Trinajstić information content (AvgIpc) is 2.33. The van der Waals surface area contributed by atoms with E-state index in [9.17, 15) is 4.39 Å². The van der Waals surface area contributed by atoms with Gasteiger partial charge < -0.3 is 10.6 Å². The zero-order valence-electron chi connectivity index (χ0n) is 12.0. The minimum absolute atomic E-state index is 0.123. The normalized spacial score (nSPS) is 17.1. The quantitative estimate of drug-likeness (QED) is 0.854. The van der Waals surface area contributed by atoms with E-state index in [2.05, 4.69) is 6.92 Å². The molecule has 3 heteroatoms. The fourth-order valence-electron chi connectivity index (χ4n) is 2.60. The van der Waals surface area contributed by atoms with Gasteiger partial charge >= 0.3 is 0 Å². The smallest absolute Gasteiger partial charge is 0.146 e. The topological polar surface area (TPSA) is 29.3 Å². The highest BCUT2D eigenvalue weighted by Gasteiger charge is 2.20. The minimum atomic E-state index is -0.123. The molecule has 1 aromatic rings. The van der Waals surface area contributed by atoms with Crippen molar-refractivity contribution in [2.75, 3.05) is 18.5 Å². The van der Waals surface area contributed by atoms with Crippen LogP contribution in [0.3, 0.4) is 0 Å². The van der Waals surface area contributed by atoms with Gasteiger partial charge in [0.25, 0.3) is 0 Å². The van der Waals surface area contributed by atoms with Crippen LogP contribution in [-0.2, 0) is 6.42 Å². The van der Waals surface area contributed by atoms with Crippen molar-refractivity contribution in [3.05, 3.63) is 29.6 Å². The van der Waals surface area contributed by atoms with Crippen LogP contribution in [0.5, 0.6) is 0 Å². The van der Waals surface area contributed by atoms with Gasteiger partial charge in [-0.05, 0) is 49.3 Å².